The van der Waals surface area contributed by atoms with Gasteiger partial charge in [0.15, 0.2) is 0 Å². The summed E-state index contributed by atoms with van der Waals surface area (Å²) in [6, 6.07) is 8.60. The van der Waals surface area contributed by atoms with Gasteiger partial charge in [0.2, 0.25) is 11.7 Å². The molecule has 1 saturated carbocycles. The molecular weight excluding hydrogens is 250 g/mol. The van der Waals surface area contributed by atoms with Crippen molar-refractivity contribution in [1.29, 1.82) is 0 Å². The molecule has 3 rings (SSSR count). The summed E-state index contributed by atoms with van der Waals surface area (Å²) in [6.45, 7) is 5.19. The van der Waals surface area contributed by atoms with E-state index in [9.17, 15) is 0 Å². The lowest BCUT2D eigenvalue weighted by Crippen LogP contribution is -2.33. The van der Waals surface area contributed by atoms with Crippen molar-refractivity contribution in [3.8, 4) is 11.4 Å². The quantitative estimate of drug-likeness (QED) is 0.877. The number of rotatable bonds is 6. The Morgan fingerprint density at radius 1 is 1.35 bits per heavy atom. The first-order valence-electron chi connectivity index (χ1n) is 7.40. The Hall–Kier alpha value is -1.68. The minimum atomic E-state index is 0.477. The number of hydrogen-bond acceptors (Lipinski definition) is 4. The van der Waals surface area contributed by atoms with Gasteiger partial charge in [-0.25, -0.2) is 0 Å². The molecule has 2 aromatic rings. The maximum atomic E-state index is 5.43. The van der Waals surface area contributed by atoms with Crippen LogP contribution in [0.1, 0.15) is 31.2 Å². The van der Waals surface area contributed by atoms with Crippen molar-refractivity contribution < 1.29 is 4.52 Å². The van der Waals surface area contributed by atoms with Gasteiger partial charge in [-0.1, -0.05) is 36.3 Å². The van der Waals surface area contributed by atoms with Gasteiger partial charge in [0, 0.05) is 18.0 Å². The molecule has 20 heavy (non-hydrogen) atoms. The van der Waals surface area contributed by atoms with Crippen molar-refractivity contribution in [2.24, 2.45) is 5.92 Å². The summed E-state index contributed by atoms with van der Waals surface area (Å²) in [5.41, 5.74) is 2.22. The minimum absolute atomic E-state index is 0.477. The van der Waals surface area contributed by atoms with Crippen molar-refractivity contribution in [3.05, 3.63) is 35.7 Å². The topological polar surface area (TPSA) is 51.0 Å². The van der Waals surface area contributed by atoms with Crippen molar-refractivity contribution in [1.82, 2.24) is 15.5 Å². The fourth-order valence-electron chi connectivity index (χ4n) is 2.63. The lowest BCUT2D eigenvalue weighted by atomic mass is 10.1. The van der Waals surface area contributed by atoms with Gasteiger partial charge < -0.3 is 9.84 Å². The van der Waals surface area contributed by atoms with Crippen LogP contribution in [0.4, 0.5) is 0 Å². The Morgan fingerprint density at radius 3 is 2.85 bits per heavy atom. The van der Waals surface area contributed by atoms with E-state index >= 15 is 0 Å². The maximum Gasteiger partial charge on any atom is 0.228 e. The largest absolute Gasteiger partial charge is 0.339 e. The van der Waals surface area contributed by atoms with Crippen LogP contribution >= 0.6 is 0 Å². The van der Waals surface area contributed by atoms with Gasteiger partial charge >= 0.3 is 0 Å². The highest BCUT2D eigenvalue weighted by Gasteiger charge is 2.31. The van der Waals surface area contributed by atoms with Gasteiger partial charge in [0.05, 0.1) is 0 Å². The van der Waals surface area contributed by atoms with Crippen molar-refractivity contribution in [3.63, 3.8) is 0 Å². The number of aromatic nitrogens is 2. The fraction of sp³-hybridized carbons (Fsp3) is 0.500. The molecule has 1 heterocycles. The maximum absolute atomic E-state index is 5.43. The van der Waals surface area contributed by atoms with Gasteiger partial charge in [0.1, 0.15) is 0 Å². The summed E-state index contributed by atoms with van der Waals surface area (Å²) in [5.74, 6) is 2.22. The van der Waals surface area contributed by atoms with Crippen LogP contribution in [0, 0.1) is 12.8 Å². The number of nitrogens with zero attached hydrogens (tertiary/aromatic N) is 2. The van der Waals surface area contributed by atoms with E-state index in [-0.39, 0.29) is 0 Å². The average molecular weight is 271 g/mol. The Labute approximate surface area is 119 Å². The lowest BCUT2D eigenvalue weighted by Gasteiger charge is -2.14. The summed E-state index contributed by atoms with van der Waals surface area (Å²) in [7, 11) is 0. The second kappa shape index (κ2) is 5.75. The molecule has 1 atom stereocenters. The molecular formula is C16H21N3O. The molecule has 1 aromatic heterocycles. The van der Waals surface area contributed by atoms with Gasteiger partial charge in [-0.15, -0.1) is 0 Å². The summed E-state index contributed by atoms with van der Waals surface area (Å²) in [5, 5.41) is 7.65. The summed E-state index contributed by atoms with van der Waals surface area (Å²) in [4.78, 5) is 4.56. The minimum Gasteiger partial charge on any atom is -0.339 e. The molecule has 106 valence electrons. The van der Waals surface area contributed by atoms with Crippen LogP contribution in [0.3, 0.4) is 0 Å². The third kappa shape index (κ3) is 2.90. The van der Waals surface area contributed by atoms with E-state index in [1.54, 1.807) is 0 Å². The molecule has 1 aliphatic rings. The van der Waals surface area contributed by atoms with E-state index < -0.39 is 0 Å². The van der Waals surface area contributed by atoms with E-state index in [0.717, 1.165) is 30.3 Å². The molecule has 0 bridgehead atoms. The van der Waals surface area contributed by atoms with E-state index in [1.807, 2.05) is 18.2 Å². The van der Waals surface area contributed by atoms with Crippen molar-refractivity contribution in [2.75, 3.05) is 6.54 Å². The zero-order valence-corrected chi connectivity index (χ0v) is 12.1. The zero-order valence-electron chi connectivity index (χ0n) is 12.1. The molecule has 0 aliphatic heterocycles. The molecule has 1 N–H and O–H groups in total. The Kier molecular flexibility index (Phi) is 3.83. The van der Waals surface area contributed by atoms with Crippen LogP contribution in [-0.2, 0) is 6.42 Å². The first kappa shape index (κ1) is 13.3. The summed E-state index contributed by atoms with van der Waals surface area (Å²) in [6.07, 6.45) is 3.46. The van der Waals surface area contributed by atoms with Crippen LogP contribution in [-0.4, -0.2) is 22.7 Å². The molecule has 1 fully saturated rings. The van der Waals surface area contributed by atoms with Gasteiger partial charge in [0.25, 0.3) is 0 Å². The molecule has 4 nitrogen and oxygen atoms in total. The number of likely N-dealkylation sites (N-methyl/N-ethyl adjacent to an activating group) is 1. The highest BCUT2D eigenvalue weighted by Crippen LogP contribution is 2.34. The highest BCUT2D eigenvalue weighted by molar-refractivity contribution is 5.58. The lowest BCUT2D eigenvalue weighted by molar-refractivity contribution is 0.348. The van der Waals surface area contributed by atoms with Gasteiger partial charge in [-0.2, -0.15) is 4.98 Å². The second-order valence-electron chi connectivity index (χ2n) is 5.53. The molecule has 0 radical (unpaired) electrons. The van der Waals surface area contributed by atoms with Gasteiger partial charge in [-0.05, 0) is 37.8 Å². The Bertz CT molecular complexity index is 575. The molecule has 0 amide bonds. The van der Waals surface area contributed by atoms with Crippen molar-refractivity contribution >= 4 is 0 Å². The number of nitrogens with one attached hydrogen (secondary N) is 1. The Morgan fingerprint density at radius 2 is 2.15 bits per heavy atom. The van der Waals surface area contributed by atoms with Crippen LogP contribution in [0.2, 0.25) is 0 Å². The second-order valence-corrected chi connectivity index (χ2v) is 5.53. The molecule has 1 unspecified atom stereocenters. The van der Waals surface area contributed by atoms with Gasteiger partial charge in [-0.3, -0.25) is 0 Å². The highest BCUT2D eigenvalue weighted by atomic mass is 16.5. The first-order chi connectivity index (χ1) is 9.78. The molecule has 0 spiro atoms. The SMILES string of the molecule is CCNC(Cc1nc(-c2ccccc2C)no1)C1CC1. The predicted octanol–water partition coefficient (Wildman–Crippen LogP) is 2.98. The summed E-state index contributed by atoms with van der Waals surface area (Å²) < 4.78 is 5.43. The zero-order chi connectivity index (χ0) is 13.9. The molecule has 1 aliphatic carbocycles. The van der Waals surface area contributed by atoms with E-state index in [1.165, 1.54) is 18.4 Å². The van der Waals surface area contributed by atoms with Crippen LogP contribution in [0.5, 0.6) is 0 Å². The fourth-order valence-corrected chi connectivity index (χ4v) is 2.63. The third-order valence-electron chi connectivity index (χ3n) is 3.91. The smallest absolute Gasteiger partial charge is 0.228 e. The monoisotopic (exact) mass is 271 g/mol. The standard InChI is InChI=1S/C16H21N3O/c1-3-17-14(12-8-9-12)10-15-18-16(19-20-15)13-7-5-4-6-11(13)2/h4-7,12,14,17H,3,8-10H2,1-2H3. The molecule has 0 saturated heterocycles. The molecule has 1 aromatic carbocycles. The first-order valence-corrected chi connectivity index (χ1v) is 7.40. The number of hydrogen-bond donors (Lipinski definition) is 1. The normalized spacial score (nSPS) is 16.3. The number of benzene rings is 1. The van der Waals surface area contributed by atoms with E-state index in [0.29, 0.717) is 11.9 Å². The molecule has 4 heteroatoms. The average Bonchev–Trinajstić information content (AvgIpc) is 3.20. The van der Waals surface area contributed by atoms with Crippen LogP contribution < -0.4 is 5.32 Å². The Balaban J connectivity index is 1.75. The predicted molar refractivity (Wildman–Crippen MR) is 78.4 cm³/mol. The third-order valence-corrected chi connectivity index (χ3v) is 3.91. The van der Waals surface area contributed by atoms with E-state index in [4.69, 9.17) is 4.52 Å². The number of aryl methyl sites for hydroxylation is 1. The van der Waals surface area contributed by atoms with E-state index in [2.05, 4.69) is 35.4 Å². The van der Waals surface area contributed by atoms with Crippen molar-refractivity contribution in [2.45, 2.75) is 39.2 Å². The van der Waals surface area contributed by atoms with Crippen LogP contribution in [0.25, 0.3) is 11.4 Å². The summed E-state index contributed by atoms with van der Waals surface area (Å²) >= 11 is 0. The van der Waals surface area contributed by atoms with Crippen LogP contribution in [0.15, 0.2) is 28.8 Å².